The Morgan fingerprint density at radius 3 is 2.20 bits per heavy atom. The van der Waals surface area contributed by atoms with Gasteiger partial charge in [-0.25, -0.2) is 8.42 Å². The number of carbonyl (C=O) groups is 1. The van der Waals surface area contributed by atoms with Crippen LogP contribution in [-0.2, 0) is 14.6 Å². The summed E-state index contributed by atoms with van der Waals surface area (Å²) in [5, 5.41) is 3.30. The Labute approximate surface area is 163 Å². The number of amides is 1. The number of sulfone groups is 1. The molecule has 2 saturated heterocycles. The van der Waals surface area contributed by atoms with Crippen molar-refractivity contribution in [2.75, 3.05) is 44.2 Å². The summed E-state index contributed by atoms with van der Waals surface area (Å²) in [6.45, 7) is 4.08. The molecule has 3 aliphatic rings. The Bertz CT molecular complexity index is 521. The molecule has 0 spiro atoms. The normalized spacial score (nSPS) is 27.1. The Hall–Kier alpha value is -0.0800. The molecule has 0 aromatic rings. The van der Waals surface area contributed by atoms with E-state index in [1.807, 2.05) is 4.90 Å². The van der Waals surface area contributed by atoms with Crippen LogP contribution in [0.3, 0.4) is 0 Å². The molecule has 0 bridgehead atoms. The van der Waals surface area contributed by atoms with Crippen molar-refractivity contribution in [3.05, 3.63) is 0 Å². The topological polar surface area (TPSA) is 69.7 Å². The fourth-order valence-electron chi connectivity index (χ4n) is 4.20. The molecule has 1 saturated carbocycles. The van der Waals surface area contributed by atoms with Crippen molar-refractivity contribution in [3.8, 4) is 0 Å². The molecule has 1 aliphatic carbocycles. The molecule has 148 valence electrons. The number of carbonyl (C=O) groups excluding carboxylic acids is 1. The molecule has 0 radical (unpaired) electrons. The molecule has 2 heterocycles. The van der Waals surface area contributed by atoms with E-state index in [9.17, 15) is 13.2 Å². The van der Waals surface area contributed by atoms with Gasteiger partial charge in [0.2, 0.25) is 5.91 Å². The van der Waals surface area contributed by atoms with E-state index in [-0.39, 0.29) is 54.3 Å². The minimum absolute atomic E-state index is 0. The van der Waals surface area contributed by atoms with Gasteiger partial charge in [0.05, 0.1) is 18.1 Å². The molecule has 3 fully saturated rings. The summed E-state index contributed by atoms with van der Waals surface area (Å²) in [6, 6.07) is 0.149. The lowest BCUT2D eigenvalue weighted by Gasteiger charge is -2.40. The molecule has 1 atom stereocenters. The van der Waals surface area contributed by atoms with Crippen LogP contribution >= 0.6 is 24.8 Å². The van der Waals surface area contributed by atoms with Gasteiger partial charge in [-0.1, -0.05) is 19.3 Å². The minimum Gasteiger partial charge on any atom is -0.335 e. The van der Waals surface area contributed by atoms with Gasteiger partial charge < -0.3 is 10.2 Å². The summed E-state index contributed by atoms with van der Waals surface area (Å²) >= 11 is 0. The monoisotopic (exact) mass is 415 g/mol. The number of hydrogen-bond donors (Lipinski definition) is 1. The molecule has 0 aromatic heterocycles. The highest BCUT2D eigenvalue weighted by Crippen LogP contribution is 2.28. The van der Waals surface area contributed by atoms with E-state index in [0.717, 1.165) is 51.9 Å². The van der Waals surface area contributed by atoms with Crippen molar-refractivity contribution in [1.29, 1.82) is 0 Å². The molecule has 1 amide bonds. The van der Waals surface area contributed by atoms with Gasteiger partial charge in [-0.15, -0.1) is 24.8 Å². The Morgan fingerprint density at radius 2 is 1.64 bits per heavy atom. The molecule has 6 nitrogen and oxygen atoms in total. The highest BCUT2D eigenvalue weighted by atomic mass is 35.5. The Morgan fingerprint density at radius 1 is 1.00 bits per heavy atom. The molecule has 1 N–H and O–H groups in total. The van der Waals surface area contributed by atoms with Crippen LogP contribution in [0.25, 0.3) is 0 Å². The van der Waals surface area contributed by atoms with Crippen LogP contribution in [0.5, 0.6) is 0 Å². The third kappa shape index (κ3) is 6.24. The van der Waals surface area contributed by atoms with Gasteiger partial charge in [-0.2, -0.15) is 0 Å². The molecule has 3 rings (SSSR count). The second-order valence-electron chi connectivity index (χ2n) is 7.18. The van der Waals surface area contributed by atoms with Crippen LogP contribution in [0.4, 0.5) is 0 Å². The number of piperazine rings is 1. The van der Waals surface area contributed by atoms with E-state index in [2.05, 4.69) is 10.2 Å². The molecule has 2 aliphatic heterocycles. The van der Waals surface area contributed by atoms with Crippen LogP contribution in [0.1, 0.15) is 38.5 Å². The first-order chi connectivity index (χ1) is 11.1. The first-order valence-corrected chi connectivity index (χ1v) is 10.8. The van der Waals surface area contributed by atoms with E-state index < -0.39 is 9.84 Å². The van der Waals surface area contributed by atoms with E-state index in [1.165, 1.54) is 6.42 Å². The van der Waals surface area contributed by atoms with Crippen molar-refractivity contribution in [1.82, 2.24) is 15.1 Å². The summed E-state index contributed by atoms with van der Waals surface area (Å²) in [6.07, 6.45) is 6.22. The van der Waals surface area contributed by atoms with Crippen LogP contribution in [0.2, 0.25) is 0 Å². The second kappa shape index (κ2) is 10.3. The van der Waals surface area contributed by atoms with E-state index in [0.29, 0.717) is 13.0 Å². The van der Waals surface area contributed by atoms with Gasteiger partial charge in [-0.3, -0.25) is 9.69 Å². The summed E-state index contributed by atoms with van der Waals surface area (Å²) in [5.74, 6) is 0.541. The zero-order valence-corrected chi connectivity index (χ0v) is 17.1. The number of nitrogens with zero attached hydrogens (tertiary/aromatic N) is 2. The maximum Gasteiger partial charge on any atom is 0.237 e. The second-order valence-corrected chi connectivity index (χ2v) is 9.40. The number of halogens is 2. The van der Waals surface area contributed by atoms with Crippen LogP contribution < -0.4 is 5.32 Å². The first-order valence-electron chi connectivity index (χ1n) is 9.00. The molecular formula is C16H31Cl2N3O3S. The van der Waals surface area contributed by atoms with Gasteiger partial charge in [0.25, 0.3) is 0 Å². The Kier molecular flexibility index (Phi) is 9.46. The van der Waals surface area contributed by atoms with Gasteiger partial charge in [0.1, 0.15) is 0 Å². The zero-order valence-electron chi connectivity index (χ0n) is 14.7. The van der Waals surface area contributed by atoms with Crippen molar-refractivity contribution < 1.29 is 13.2 Å². The van der Waals surface area contributed by atoms with Crippen molar-refractivity contribution in [2.24, 2.45) is 0 Å². The lowest BCUT2D eigenvalue weighted by Crippen LogP contribution is -2.54. The molecule has 0 aromatic carbocycles. The quantitative estimate of drug-likeness (QED) is 0.743. The Balaban J connectivity index is 0.00000156. The van der Waals surface area contributed by atoms with Crippen LogP contribution in [0.15, 0.2) is 0 Å². The lowest BCUT2D eigenvalue weighted by molar-refractivity contribution is -0.138. The van der Waals surface area contributed by atoms with Crippen LogP contribution in [0, 0.1) is 0 Å². The van der Waals surface area contributed by atoms with E-state index >= 15 is 0 Å². The first kappa shape index (κ1) is 23.0. The van der Waals surface area contributed by atoms with Gasteiger partial charge >= 0.3 is 0 Å². The highest BCUT2D eigenvalue weighted by Gasteiger charge is 2.38. The predicted octanol–water partition coefficient (Wildman–Crippen LogP) is 1.08. The standard InChI is InChI=1S/C16H29N3O3S.2ClH/c20-16(12-18-9-7-17-8-10-18)19(14-4-2-1-3-5-14)15-6-11-23(21,22)13-15;;/h14-15,17H,1-13H2;2*1H. The molecule has 9 heteroatoms. The number of rotatable bonds is 4. The third-order valence-corrected chi connectivity index (χ3v) is 7.18. The zero-order chi connectivity index (χ0) is 16.3. The minimum atomic E-state index is -2.96. The highest BCUT2D eigenvalue weighted by molar-refractivity contribution is 7.91. The largest absolute Gasteiger partial charge is 0.335 e. The van der Waals surface area contributed by atoms with Crippen LogP contribution in [-0.4, -0.2) is 80.4 Å². The number of nitrogens with one attached hydrogen (secondary N) is 1. The average molecular weight is 416 g/mol. The predicted molar refractivity (Wildman–Crippen MR) is 105 cm³/mol. The third-order valence-electron chi connectivity index (χ3n) is 5.43. The van der Waals surface area contributed by atoms with Gasteiger partial charge in [0.15, 0.2) is 9.84 Å². The van der Waals surface area contributed by atoms with Gasteiger partial charge in [0, 0.05) is 38.3 Å². The van der Waals surface area contributed by atoms with Crippen molar-refractivity contribution in [2.45, 2.75) is 50.6 Å². The van der Waals surface area contributed by atoms with E-state index in [4.69, 9.17) is 0 Å². The maximum absolute atomic E-state index is 13.0. The SMILES string of the molecule is Cl.Cl.O=C(CN1CCNCC1)N(C1CCCCC1)C1CCS(=O)(=O)C1. The smallest absolute Gasteiger partial charge is 0.237 e. The maximum atomic E-state index is 13.0. The van der Waals surface area contributed by atoms with Crippen molar-refractivity contribution in [3.63, 3.8) is 0 Å². The fraction of sp³-hybridized carbons (Fsp3) is 0.938. The average Bonchev–Trinajstić information content (AvgIpc) is 2.89. The lowest BCUT2D eigenvalue weighted by atomic mass is 9.92. The molecule has 25 heavy (non-hydrogen) atoms. The summed E-state index contributed by atoms with van der Waals surface area (Å²) < 4.78 is 23.8. The number of hydrogen-bond acceptors (Lipinski definition) is 5. The molecule has 1 unspecified atom stereocenters. The summed E-state index contributed by atoms with van der Waals surface area (Å²) in [7, 11) is -2.96. The summed E-state index contributed by atoms with van der Waals surface area (Å²) in [5.41, 5.74) is 0. The van der Waals surface area contributed by atoms with Crippen molar-refractivity contribution >= 4 is 40.6 Å². The van der Waals surface area contributed by atoms with Gasteiger partial charge in [-0.05, 0) is 19.3 Å². The summed E-state index contributed by atoms with van der Waals surface area (Å²) in [4.78, 5) is 17.1. The van der Waals surface area contributed by atoms with E-state index in [1.54, 1.807) is 0 Å². The molecular weight excluding hydrogens is 385 g/mol. The fourth-order valence-corrected chi connectivity index (χ4v) is 5.91.